The molecule has 3 heterocycles. The molecule has 0 saturated heterocycles. The van der Waals surface area contributed by atoms with Crippen LogP contribution < -0.4 is 19.9 Å². The average molecular weight is 614 g/mol. The lowest BCUT2D eigenvalue weighted by Gasteiger charge is -2.18. The number of amidine groups is 1. The maximum atomic E-state index is 13.4. The molecule has 42 heavy (non-hydrogen) atoms. The van der Waals surface area contributed by atoms with Crippen molar-refractivity contribution in [2.24, 2.45) is 4.99 Å². The number of methoxy groups -OCH3 is 1. The number of hydrogen-bond donors (Lipinski definition) is 0. The van der Waals surface area contributed by atoms with Gasteiger partial charge < -0.3 is 14.4 Å². The fourth-order valence-corrected chi connectivity index (χ4v) is 5.20. The SMILES string of the molecule is CN(C)C=O.COc1ccc(C=C2N=C(SCc3cc(=O)n4ccsc4n3)N(c3ccc(OC(F)F)cc3)C2=O)cc1. The van der Waals surface area contributed by atoms with Crippen LogP contribution >= 0.6 is 23.1 Å². The summed E-state index contributed by atoms with van der Waals surface area (Å²) in [6.45, 7) is -2.96. The number of halogens is 2. The van der Waals surface area contributed by atoms with Crippen LogP contribution in [0.25, 0.3) is 11.0 Å². The molecule has 0 bridgehead atoms. The molecule has 0 atom stereocenters. The van der Waals surface area contributed by atoms with Gasteiger partial charge in [-0.2, -0.15) is 8.78 Å². The van der Waals surface area contributed by atoms with Gasteiger partial charge in [0.25, 0.3) is 11.5 Å². The van der Waals surface area contributed by atoms with Crippen LogP contribution in [0.2, 0.25) is 0 Å². The molecule has 1 aliphatic heterocycles. The zero-order valence-electron chi connectivity index (χ0n) is 22.6. The number of hydrogen-bond acceptors (Lipinski definition) is 9. The van der Waals surface area contributed by atoms with Gasteiger partial charge in [-0.1, -0.05) is 23.9 Å². The molecule has 14 heteroatoms. The van der Waals surface area contributed by atoms with Gasteiger partial charge in [0, 0.05) is 37.5 Å². The van der Waals surface area contributed by atoms with Gasteiger partial charge >= 0.3 is 6.61 Å². The Morgan fingerprint density at radius 2 is 1.74 bits per heavy atom. The quantitative estimate of drug-likeness (QED) is 0.209. The van der Waals surface area contributed by atoms with Crippen molar-refractivity contribution in [3.8, 4) is 11.5 Å². The number of benzene rings is 2. The van der Waals surface area contributed by atoms with Gasteiger partial charge in [0.2, 0.25) is 6.41 Å². The van der Waals surface area contributed by atoms with Gasteiger partial charge in [0.1, 0.15) is 17.2 Å². The van der Waals surface area contributed by atoms with Crippen LogP contribution in [-0.4, -0.2) is 59.6 Å². The van der Waals surface area contributed by atoms with Crippen molar-refractivity contribution in [3.63, 3.8) is 0 Å². The number of fused-ring (bicyclic) bond motifs is 1. The van der Waals surface area contributed by atoms with Gasteiger partial charge in [0.05, 0.1) is 18.5 Å². The molecule has 10 nitrogen and oxygen atoms in total. The molecule has 2 amide bonds. The third-order valence-electron chi connectivity index (χ3n) is 5.49. The number of aliphatic imine (C=N–C) groups is 1. The number of carbonyl (C=O) groups excluding carboxylic acids is 2. The molecular formula is C28H25F2N5O5S2. The average Bonchev–Trinajstić information content (AvgIpc) is 3.57. The molecule has 0 saturated carbocycles. The van der Waals surface area contributed by atoms with E-state index in [4.69, 9.17) is 4.74 Å². The summed E-state index contributed by atoms with van der Waals surface area (Å²) >= 11 is 2.58. The topological polar surface area (TPSA) is 106 Å². The molecule has 5 rings (SSSR count). The lowest BCUT2D eigenvalue weighted by Crippen LogP contribution is -2.30. The summed E-state index contributed by atoms with van der Waals surface area (Å²) in [4.78, 5) is 47.6. The van der Waals surface area contributed by atoms with Gasteiger partial charge in [0.15, 0.2) is 10.1 Å². The minimum absolute atomic E-state index is 0.0283. The van der Waals surface area contributed by atoms with Crippen LogP contribution in [0.15, 0.2) is 81.7 Å². The first-order valence-corrected chi connectivity index (χ1v) is 14.1. The Morgan fingerprint density at radius 1 is 1.07 bits per heavy atom. The number of ether oxygens (including phenoxy) is 2. The fourth-order valence-electron chi connectivity index (χ4n) is 3.56. The summed E-state index contributed by atoms with van der Waals surface area (Å²) in [5.74, 6) is 0.551. The van der Waals surface area contributed by atoms with Crippen LogP contribution in [0.5, 0.6) is 11.5 Å². The molecule has 0 radical (unpaired) electrons. The summed E-state index contributed by atoms with van der Waals surface area (Å²) in [7, 11) is 4.94. The Morgan fingerprint density at radius 3 is 2.36 bits per heavy atom. The number of nitrogens with zero attached hydrogens (tertiary/aromatic N) is 5. The standard InChI is InChI=1S/C25H18F2N4O4S2.C3H7NO/c1-34-18-6-2-15(3-7-18)12-20-22(33)31(17-4-8-19(9-5-17)35-23(26)27)25(29-20)37-14-16-13-21(32)30-10-11-36-24(30)28-16;1-4(2)3-5/h2-13,23H,14H2,1H3;3H,1-2H3. The third-order valence-corrected chi connectivity index (χ3v) is 7.21. The highest BCUT2D eigenvalue weighted by Crippen LogP contribution is 2.32. The monoisotopic (exact) mass is 613 g/mol. The van der Waals surface area contributed by atoms with E-state index in [1.165, 1.54) is 67.6 Å². The molecule has 0 N–H and O–H groups in total. The zero-order chi connectivity index (χ0) is 30.2. The Labute approximate surface area is 247 Å². The van der Waals surface area contributed by atoms with E-state index in [2.05, 4.69) is 14.7 Å². The van der Waals surface area contributed by atoms with Crippen LogP contribution in [0, 0.1) is 0 Å². The molecule has 1 aliphatic rings. The van der Waals surface area contributed by atoms with Crippen LogP contribution in [0.3, 0.4) is 0 Å². The molecule has 0 spiro atoms. The molecule has 4 aromatic rings. The maximum absolute atomic E-state index is 13.4. The van der Waals surface area contributed by atoms with Crippen LogP contribution in [0.1, 0.15) is 11.3 Å². The number of amides is 2. The molecule has 0 aliphatic carbocycles. The van der Waals surface area contributed by atoms with E-state index in [0.29, 0.717) is 27.3 Å². The fraction of sp³-hybridized carbons (Fsp3) is 0.179. The van der Waals surface area contributed by atoms with E-state index in [1.54, 1.807) is 63.1 Å². The normalized spacial score (nSPS) is 13.7. The van der Waals surface area contributed by atoms with Gasteiger partial charge in [-0.15, -0.1) is 11.3 Å². The second-order valence-corrected chi connectivity index (χ2v) is 10.5. The smallest absolute Gasteiger partial charge is 0.387 e. The Hall–Kier alpha value is -4.56. The maximum Gasteiger partial charge on any atom is 0.387 e. The van der Waals surface area contributed by atoms with Crippen molar-refractivity contribution in [1.82, 2.24) is 14.3 Å². The summed E-state index contributed by atoms with van der Waals surface area (Å²) in [6, 6.07) is 14.3. The predicted octanol–water partition coefficient (Wildman–Crippen LogP) is 4.75. The highest BCUT2D eigenvalue weighted by atomic mass is 32.2. The van der Waals surface area contributed by atoms with Crippen molar-refractivity contribution < 1.29 is 27.8 Å². The minimum atomic E-state index is -2.96. The van der Waals surface area contributed by atoms with E-state index < -0.39 is 6.61 Å². The Kier molecular flexibility index (Phi) is 10.0. The summed E-state index contributed by atoms with van der Waals surface area (Å²) in [5.41, 5.74) is 1.72. The third kappa shape index (κ3) is 7.59. The van der Waals surface area contributed by atoms with E-state index in [9.17, 15) is 23.2 Å². The Balaban J connectivity index is 0.000000748. The number of anilines is 1. The number of rotatable bonds is 8. The second-order valence-electron chi connectivity index (χ2n) is 8.71. The van der Waals surface area contributed by atoms with Crippen LogP contribution in [0.4, 0.5) is 14.5 Å². The lowest BCUT2D eigenvalue weighted by molar-refractivity contribution is -0.116. The zero-order valence-corrected chi connectivity index (χ0v) is 24.3. The molecule has 2 aromatic carbocycles. The highest BCUT2D eigenvalue weighted by molar-refractivity contribution is 8.13. The number of thiazole rings is 1. The first kappa shape index (κ1) is 30.4. The van der Waals surface area contributed by atoms with Gasteiger partial charge in [-0.25, -0.2) is 9.98 Å². The number of aromatic nitrogens is 2. The number of alkyl halides is 2. The molecule has 2 aromatic heterocycles. The van der Waals surface area contributed by atoms with Crippen molar-refractivity contribution in [2.45, 2.75) is 12.4 Å². The summed E-state index contributed by atoms with van der Waals surface area (Å²) in [5, 5.41) is 2.14. The first-order valence-electron chi connectivity index (χ1n) is 12.2. The van der Waals surface area contributed by atoms with E-state index in [1.807, 2.05) is 0 Å². The van der Waals surface area contributed by atoms with Gasteiger partial charge in [-0.3, -0.25) is 23.7 Å². The second kappa shape index (κ2) is 13.9. The van der Waals surface area contributed by atoms with Crippen molar-refractivity contribution in [1.29, 1.82) is 0 Å². The van der Waals surface area contributed by atoms with Crippen LogP contribution in [-0.2, 0) is 15.3 Å². The van der Waals surface area contributed by atoms with E-state index in [0.717, 1.165) is 12.0 Å². The lowest BCUT2D eigenvalue weighted by atomic mass is 10.2. The predicted molar refractivity (Wildman–Crippen MR) is 159 cm³/mol. The molecule has 0 unspecified atom stereocenters. The Bertz CT molecular complexity index is 1670. The van der Waals surface area contributed by atoms with Crippen molar-refractivity contribution >= 4 is 57.3 Å². The molecule has 0 fully saturated rings. The summed E-state index contributed by atoms with van der Waals surface area (Å²) < 4.78 is 36.2. The molecule has 218 valence electrons. The number of carbonyl (C=O) groups is 2. The van der Waals surface area contributed by atoms with Gasteiger partial charge in [-0.05, 0) is 48.0 Å². The first-order chi connectivity index (χ1) is 20.2. The summed E-state index contributed by atoms with van der Waals surface area (Å²) in [6.07, 6.45) is 4.06. The van der Waals surface area contributed by atoms with E-state index >= 15 is 0 Å². The largest absolute Gasteiger partial charge is 0.497 e. The minimum Gasteiger partial charge on any atom is -0.497 e. The molecular weight excluding hydrogens is 588 g/mol. The van der Waals surface area contributed by atoms with E-state index in [-0.39, 0.29) is 28.7 Å². The van der Waals surface area contributed by atoms with Crippen molar-refractivity contribution in [2.75, 3.05) is 26.1 Å². The number of thioether (sulfide) groups is 1. The van der Waals surface area contributed by atoms with Crippen molar-refractivity contribution in [3.05, 3.63) is 93.5 Å². The highest BCUT2D eigenvalue weighted by Gasteiger charge is 2.32.